The third-order valence-electron chi connectivity index (χ3n) is 5.10. The highest BCUT2D eigenvalue weighted by atomic mass is 32.1. The Hall–Kier alpha value is -1.98. The Bertz CT molecular complexity index is 740. The highest BCUT2D eigenvalue weighted by Crippen LogP contribution is 2.20. The van der Waals surface area contributed by atoms with Gasteiger partial charge in [0.25, 0.3) is 0 Å². The third-order valence-corrected chi connectivity index (χ3v) is 5.96. The van der Waals surface area contributed by atoms with Crippen molar-refractivity contribution in [2.75, 3.05) is 19.6 Å². The number of hydrogen-bond donors (Lipinski definition) is 1. The van der Waals surface area contributed by atoms with E-state index in [2.05, 4.69) is 27.7 Å². The molecular formula is C22H28N2O2S. The van der Waals surface area contributed by atoms with Crippen molar-refractivity contribution < 1.29 is 9.59 Å². The number of benzene rings is 1. The molecule has 1 N–H and O–H groups in total. The molecule has 144 valence electrons. The minimum Gasteiger partial charge on any atom is -0.356 e. The van der Waals surface area contributed by atoms with Crippen LogP contribution in [0.15, 0.2) is 41.8 Å². The van der Waals surface area contributed by atoms with Crippen LogP contribution in [0.5, 0.6) is 0 Å². The zero-order valence-corrected chi connectivity index (χ0v) is 16.8. The van der Waals surface area contributed by atoms with Crippen molar-refractivity contribution in [3.05, 3.63) is 57.8 Å². The summed E-state index contributed by atoms with van der Waals surface area (Å²) in [7, 11) is 0. The van der Waals surface area contributed by atoms with Gasteiger partial charge in [-0.05, 0) is 43.7 Å². The molecule has 27 heavy (non-hydrogen) atoms. The number of carbonyl (C=O) groups is 2. The number of piperidine rings is 1. The molecule has 1 aliphatic rings. The third kappa shape index (κ3) is 6.29. The highest BCUT2D eigenvalue weighted by Gasteiger charge is 2.21. The molecule has 1 aromatic heterocycles. The monoisotopic (exact) mass is 384 g/mol. The van der Waals surface area contributed by atoms with E-state index in [1.165, 1.54) is 11.3 Å². The summed E-state index contributed by atoms with van der Waals surface area (Å²) >= 11 is 1.80. The molecular weight excluding hydrogens is 356 g/mol. The average Bonchev–Trinajstić information content (AvgIpc) is 3.18. The summed E-state index contributed by atoms with van der Waals surface area (Å²) in [5.41, 5.74) is 1.81. The summed E-state index contributed by atoms with van der Waals surface area (Å²) < 4.78 is 0. The highest BCUT2D eigenvalue weighted by molar-refractivity contribution is 7.09. The predicted molar refractivity (Wildman–Crippen MR) is 110 cm³/mol. The number of rotatable bonds is 8. The fourth-order valence-corrected chi connectivity index (χ4v) is 4.29. The van der Waals surface area contributed by atoms with Crippen LogP contribution in [0, 0.1) is 12.8 Å². The van der Waals surface area contributed by atoms with Gasteiger partial charge in [-0.3, -0.25) is 14.5 Å². The first-order chi connectivity index (χ1) is 13.1. The topological polar surface area (TPSA) is 49.4 Å². The van der Waals surface area contributed by atoms with Gasteiger partial charge in [-0.15, -0.1) is 11.3 Å². The van der Waals surface area contributed by atoms with Crippen LogP contribution >= 0.6 is 11.3 Å². The van der Waals surface area contributed by atoms with Crippen LogP contribution < -0.4 is 5.32 Å². The van der Waals surface area contributed by atoms with E-state index in [0.29, 0.717) is 18.0 Å². The van der Waals surface area contributed by atoms with Crippen molar-refractivity contribution in [1.82, 2.24) is 10.2 Å². The number of thiophene rings is 1. The van der Waals surface area contributed by atoms with Gasteiger partial charge >= 0.3 is 0 Å². The zero-order valence-electron chi connectivity index (χ0n) is 15.9. The van der Waals surface area contributed by atoms with E-state index in [9.17, 15) is 9.59 Å². The molecule has 1 saturated heterocycles. The summed E-state index contributed by atoms with van der Waals surface area (Å²) in [6, 6.07) is 11.8. The van der Waals surface area contributed by atoms with Gasteiger partial charge in [-0.25, -0.2) is 0 Å². The van der Waals surface area contributed by atoms with Crippen molar-refractivity contribution in [2.45, 2.75) is 39.2 Å². The summed E-state index contributed by atoms with van der Waals surface area (Å²) in [6.45, 7) is 5.87. The number of carbonyl (C=O) groups excluding carboxylic acids is 2. The lowest BCUT2D eigenvalue weighted by molar-refractivity contribution is -0.121. The second-order valence-electron chi connectivity index (χ2n) is 7.42. The Labute approximate surface area is 165 Å². The van der Waals surface area contributed by atoms with Crippen molar-refractivity contribution in [1.29, 1.82) is 0 Å². The smallest absolute Gasteiger partial charge is 0.220 e. The van der Waals surface area contributed by atoms with Gasteiger partial charge < -0.3 is 5.32 Å². The molecule has 5 heteroatoms. The molecule has 0 radical (unpaired) electrons. The molecule has 1 amide bonds. The second-order valence-corrected chi connectivity index (χ2v) is 8.45. The van der Waals surface area contributed by atoms with Gasteiger partial charge in [0.2, 0.25) is 5.91 Å². The Kier molecular flexibility index (Phi) is 7.18. The number of ketones is 1. The van der Waals surface area contributed by atoms with E-state index in [0.717, 1.165) is 31.6 Å². The fourth-order valence-electron chi connectivity index (χ4n) is 3.54. The SMILES string of the molecule is Cc1ccc(C(=O)CCC(=O)NCC2CCCN(Cc3cccs3)C2)cc1. The molecule has 0 bridgehead atoms. The molecule has 3 rings (SSSR count). The maximum atomic E-state index is 12.2. The van der Waals surface area contributed by atoms with Gasteiger partial charge in [0.1, 0.15) is 0 Å². The van der Waals surface area contributed by atoms with Gasteiger partial charge in [-0.2, -0.15) is 0 Å². The van der Waals surface area contributed by atoms with Gasteiger partial charge in [-0.1, -0.05) is 35.9 Å². The lowest BCUT2D eigenvalue weighted by Gasteiger charge is -2.32. The van der Waals surface area contributed by atoms with Gasteiger partial charge in [0.15, 0.2) is 5.78 Å². The summed E-state index contributed by atoms with van der Waals surface area (Å²) in [4.78, 5) is 28.2. The summed E-state index contributed by atoms with van der Waals surface area (Å²) in [5.74, 6) is 0.506. The first-order valence-corrected chi connectivity index (χ1v) is 10.6. The maximum Gasteiger partial charge on any atom is 0.220 e. The van der Waals surface area contributed by atoms with Crippen molar-refractivity contribution >= 4 is 23.0 Å². The van der Waals surface area contributed by atoms with Crippen LogP contribution in [0.2, 0.25) is 0 Å². The summed E-state index contributed by atoms with van der Waals surface area (Å²) in [5, 5.41) is 5.15. The number of Topliss-reactive ketones (excluding diaryl/α,β-unsaturated/α-hetero) is 1. The quantitative estimate of drug-likeness (QED) is 0.699. The van der Waals surface area contributed by atoms with Crippen LogP contribution in [0.3, 0.4) is 0 Å². The maximum absolute atomic E-state index is 12.2. The Morgan fingerprint density at radius 3 is 2.74 bits per heavy atom. The lowest BCUT2D eigenvalue weighted by Crippen LogP contribution is -2.40. The van der Waals surface area contributed by atoms with Crippen LogP contribution in [-0.2, 0) is 11.3 Å². The van der Waals surface area contributed by atoms with E-state index in [-0.39, 0.29) is 24.5 Å². The molecule has 4 nitrogen and oxygen atoms in total. The number of aryl methyl sites for hydroxylation is 1. The van der Waals surface area contributed by atoms with Gasteiger partial charge in [0.05, 0.1) is 0 Å². The van der Waals surface area contributed by atoms with Crippen LogP contribution in [0.4, 0.5) is 0 Å². The average molecular weight is 385 g/mol. The molecule has 2 aromatic rings. The molecule has 0 saturated carbocycles. The molecule has 1 aliphatic heterocycles. The molecule has 1 unspecified atom stereocenters. The molecule has 2 heterocycles. The standard InChI is InChI=1S/C22H28N2O2S/c1-17-6-8-19(9-7-17)21(25)10-11-22(26)23-14-18-4-2-12-24(15-18)16-20-5-3-13-27-20/h3,5-9,13,18H,2,4,10-12,14-16H2,1H3,(H,23,26). The zero-order chi connectivity index (χ0) is 19.1. The Morgan fingerprint density at radius 2 is 2.00 bits per heavy atom. The molecule has 1 atom stereocenters. The van der Waals surface area contributed by atoms with E-state index in [1.807, 2.05) is 31.2 Å². The number of amides is 1. The van der Waals surface area contributed by atoms with Gasteiger partial charge in [0, 0.05) is 42.9 Å². The largest absolute Gasteiger partial charge is 0.356 e. The predicted octanol–water partition coefficient (Wildman–Crippen LogP) is 4.05. The number of hydrogen-bond acceptors (Lipinski definition) is 4. The van der Waals surface area contributed by atoms with E-state index < -0.39 is 0 Å². The van der Waals surface area contributed by atoms with Crippen LogP contribution in [-0.4, -0.2) is 36.2 Å². The first-order valence-electron chi connectivity index (χ1n) is 9.71. The summed E-state index contributed by atoms with van der Waals surface area (Å²) in [6.07, 6.45) is 2.86. The fraction of sp³-hybridized carbons (Fsp3) is 0.455. The molecule has 0 spiro atoms. The number of nitrogens with one attached hydrogen (secondary N) is 1. The Balaban J connectivity index is 1.37. The molecule has 1 fully saturated rings. The van der Waals surface area contributed by atoms with E-state index in [4.69, 9.17) is 0 Å². The van der Waals surface area contributed by atoms with E-state index in [1.54, 1.807) is 11.3 Å². The van der Waals surface area contributed by atoms with Crippen molar-refractivity contribution in [3.8, 4) is 0 Å². The molecule has 1 aromatic carbocycles. The van der Waals surface area contributed by atoms with Crippen molar-refractivity contribution in [3.63, 3.8) is 0 Å². The lowest BCUT2D eigenvalue weighted by atomic mass is 9.97. The second kappa shape index (κ2) is 9.81. The minimum atomic E-state index is -0.0224. The normalized spacial score (nSPS) is 17.6. The first kappa shape index (κ1) is 19.8. The minimum absolute atomic E-state index is 0.0224. The van der Waals surface area contributed by atoms with Crippen LogP contribution in [0.1, 0.15) is 46.5 Å². The Morgan fingerprint density at radius 1 is 1.19 bits per heavy atom. The van der Waals surface area contributed by atoms with Crippen molar-refractivity contribution in [2.24, 2.45) is 5.92 Å². The van der Waals surface area contributed by atoms with E-state index >= 15 is 0 Å². The van der Waals surface area contributed by atoms with Crippen LogP contribution in [0.25, 0.3) is 0 Å². The number of likely N-dealkylation sites (tertiary alicyclic amines) is 1. The molecule has 0 aliphatic carbocycles. The number of nitrogens with zero attached hydrogens (tertiary/aromatic N) is 1.